The van der Waals surface area contributed by atoms with Crippen LogP contribution in [0.1, 0.15) is 27.0 Å². The Morgan fingerprint density at radius 2 is 2.00 bits per heavy atom. The molecular formula is C21H18ClFN2O5. The van der Waals surface area contributed by atoms with Gasteiger partial charge in [0.25, 0.3) is 5.56 Å². The molecular weight excluding hydrogens is 415 g/mol. The molecule has 9 heteroatoms. The third kappa shape index (κ3) is 4.50. The zero-order valence-electron chi connectivity index (χ0n) is 15.9. The lowest BCUT2D eigenvalue weighted by Crippen LogP contribution is -2.29. The van der Waals surface area contributed by atoms with Crippen molar-refractivity contribution in [1.29, 1.82) is 0 Å². The summed E-state index contributed by atoms with van der Waals surface area (Å²) in [5.41, 5.74) is 0.640. The summed E-state index contributed by atoms with van der Waals surface area (Å²) >= 11 is 5.82. The average Bonchev–Trinajstić information content (AvgIpc) is 2.71. The smallest absolute Gasteiger partial charge is 0.341 e. The van der Waals surface area contributed by atoms with Gasteiger partial charge < -0.3 is 15.2 Å². The molecule has 0 bridgehead atoms. The number of halogens is 2. The number of pyridine rings is 2. The Kier molecular flexibility index (Phi) is 6.49. The van der Waals surface area contributed by atoms with E-state index < -0.39 is 22.9 Å². The van der Waals surface area contributed by atoms with Gasteiger partial charge >= 0.3 is 5.97 Å². The van der Waals surface area contributed by atoms with E-state index in [1.165, 1.54) is 29.8 Å². The van der Waals surface area contributed by atoms with Crippen LogP contribution in [0, 0.1) is 5.82 Å². The molecule has 1 amide bonds. The molecule has 2 aromatic heterocycles. The Hall–Kier alpha value is -3.23. The Balaban J connectivity index is 2.05. The number of carboxylic acid groups (broad SMARTS) is 1. The first kappa shape index (κ1) is 21.5. The normalized spacial score (nSPS) is 10.9. The van der Waals surface area contributed by atoms with E-state index in [1.807, 2.05) is 0 Å². The summed E-state index contributed by atoms with van der Waals surface area (Å²) in [6.07, 6.45) is 1.62. The van der Waals surface area contributed by atoms with Gasteiger partial charge in [-0.2, -0.15) is 0 Å². The fourth-order valence-corrected chi connectivity index (χ4v) is 3.29. The van der Waals surface area contributed by atoms with E-state index in [2.05, 4.69) is 5.32 Å². The van der Waals surface area contributed by atoms with Crippen LogP contribution in [-0.4, -0.2) is 35.1 Å². The van der Waals surface area contributed by atoms with Gasteiger partial charge in [-0.3, -0.25) is 14.0 Å². The van der Waals surface area contributed by atoms with E-state index >= 15 is 0 Å². The fraction of sp³-hybridized carbons (Fsp3) is 0.190. The second-order valence-corrected chi connectivity index (χ2v) is 6.99. The van der Waals surface area contributed by atoms with E-state index in [4.69, 9.17) is 16.3 Å². The number of amides is 1. The molecule has 30 heavy (non-hydrogen) atoms. The minimum absolute atomic E-state index is 0.00675. The molecule has 0 aliphatic heterocycles. The maximum Gasteiger partial charge on any atom is 0.341 e. The van der Waals surface area contributed by atoms with Crippen LogP contribution in [0.15, 0.2) is 47.4 Å². The average molecular weight is 433 g/mol. The number of rotatable bonds is 7. The van der Waals surface area contributed by atoms with E-state index in [9.17, 15) is 23.9 Å². The van der Waals surface area contributed by atoms with Crippen molar-refractivity contribution in [3.05, 3.63) is 86.0 Å². The van der Waals surface area contributed by atoms with E-state index in [1.54, 1.807) is 24.3 Å². The first-order valence-corrected chi connectivity index (χ1v) is 9.28. The zero-order chi connectivity index (χ0) is 21.8. The van der Waals surface area contributed by atoms with Crippen molar-refractivity contribution in [2.24, 2.45) is 0 Å². The van der Waals surface area contributed by atoms with Gasteiger partial charge in [0.2, 0.25) is 5.91 Å². The van der Waals surface area contributed by atoms with Crippen LogP contribution in [-0.2, 0) is 22.5 Å². The van der Waals surface area contributed by atoms with Crippen LogP contribution in [0.2, 0.25) is 5.02 Å². The lowest BCUT2D eigenvalue weighted by atomic mass is 10.0. The van der Waals surface area contributed by atoms with Gasteiger partial charge in [-0.15, -0.1) is 0 Å². The summed E-state index contributed by atoms with van der Waals surface area (Å²) in [6, 6.07) is 9.21. The highest BCUT2D eigenvalue weighted by Gasteiger charge is 2.16. The molecule has 156 valence electrons. The first-order valence-electron chi connectivity index (χ1n) is 8.90. The number of nitrogens with zero attached hydrogens (tertiary/aromatic N) is 1. The maximum absolute atomic E-state index is 14.2. The highest BCUT2D eigenvalue weighted by molar-refractivity contribution is 6.30. The molecule has 0 spiro atoms. The van der Waals surface area contributed by atoms with Crippen LogP contribution in [0.5, 0.6) is 0 Å². The quantitative estimate of drug-likeness (QED) is 0.598. The predicted octanol–water partition coefficient (Wildman–Crippen LogP) is 2.64. The van der Waals surface area contributed by atoms with E-state index in [-0.39, 0.29) is 30.5 Å². The van der Waals surface area contributed by atoms with Gasteiger partial charge in [0.1, 0.15) is 18.0 Å². The van der Waals surface area contributed by atoms with Crippen molar-refractivity contribution in [3.63, 3.8) is 0 Å². The number of carbonyl (C=O) groups is 2. The molecule has 7 nitrogen and oxygen atoms in total. The number of ether oxygens (including phenoxy) is 1. The Morgan fingerprint density at radius 3 is 2.70 bits per heavy atom. The SMILES string of the molecule is COCC(=O)NCc1cc(C(=O)O)c(=O)n2cc(Cc3cccc(Cl)c3F)ccc12. The molecule has 3 rings (SSSR count). The molecule has 0 aliphatic carbocycles. The summed E-state index contributed by atoms with van der Waals surface area (Å²) in [5.74, 6) is -2.32. The highest BCUT2D eigenvalue weighted by Crippen LogP contribution is 2.21. The number of hydrogen-bond acceptors (Lipinski definition) is 4. The molecule has 0 atom stereocenters. The van der Waals surface area contributed by atoms with Crippen molar-refractivity contribution in [3.8, 4) is 0 Å². The highest BCUT2D eigenvalue weighted by atomic mass is 35.5. The standard InChI is InChI=1S/C21H18ClFN2O5/c1-30-11-18(26)24-9-14-8-15(21(28)29)20(27)25-10-12(5-6-17(14)25)7-13-3-2-4-16(22)19(13)23/h2-6,8,10H,7,9,11H2,1H3,(H,24,26)(H,28,29). The molecule has 3 aromatic rings. The largest absolute Gasteiger partial charge is 0.477 e. The van der Waals surface area contributed by atoms with Crippen LogP contribution < -0.4 is 10.9 Å². The van der Waals surface area contributed by atoms with Gasteiger partial charge in [-0.05, 0) is 34.9 Å². The molecule has 0 unspecified atom stereocenters. The van der Waals surface area contributed by atoms with Crippen molar-refractivity contribution in [2.75, 3.05) is 13.7 Å². The first-order chi connectivity index (χ1) is 14.3. The van der Waals surface area contributed by atoms with Crippen LogP contribution >= 0.6 is 11.6 Å². The number of benzene rings is 1. The van der Waals surface area contributed by atoms with E-state index in [0.717, 1.165) is 0 Å². The predicted molar refractivity (Wildman–Crippen MR) is 109 cm³/mol. The molecule has 2 N–H and O–H groups in total. The Bertz CT molecular complexity index is 1190. The Labute approximate surface area is 175 Å². The molecule has 0 radical (unpaired) electrons. The zero-order valence-corrected chi connectivity index (χ0v) is 16.7. The molecule has 0 aliphatic rings. The van der Waals surface area contributed by atoms with Crippen molar-refractivity contribution in [1.82, 2.24) is 9.72 Å². The van der Waals surface area contributed by atoms with Crippen LogP contribution in [0.25, 0.3) is 5.52 Å². The van der Waals surface area contributed by atoms with Gasteiger partial charge in [-0.1, -0.05) is 29.8 Å². The summed E-state index contributed by atoms with van der Waals surface area (Å²) < 4.78 is 20.2. The topological polar surface area (TPSA) is 97.1 Å². The number of aromatic carboxylic acids is 1. The number of hydrogen-bond donors (Lipinski definition) is 2. The van der Waals surface area contributed by atoms with Crippen molar-refractivity contribution in [2.45, 2.75) is 13.0 Å². The second-order valence-electron chi connectivity index (χ2n) is 6.59. The Morgan fingerprint density at radius 1 is 1.23 bits per heavy atom. The van der Waals surface area contributed by atoms with Crippen LogP contribution in [0.4, 0.5) is 4.39 Å². The van der Waals surface area contributed by atoms with Crippen LogP contribution in [0.3, 0.4) is 0 Å². The number of aromatic nitrogens is 1. The monoisotopic (exact) mass is 432 g/mol. The number of nitrogens with one attached hydrogen (secondary N) is 1. The maximum atomic E-state index is 14.2. The second kappa shape index (κ2) is 9.06. The lowest BCUT2D eigenvalue weighted by Gasteiger charge is -2.13. The third-order valence-electron chi connectivity index (χ3n) is 4.51. The molecule has 0 fully saturated rings. The van der Waals surface area contributed by atoms with Gasteiger partial charge in [-0.25, -0.2) is 9.18 Å². The van der Waals surface area contributed by atoms with Crippen molar-refractivity contribution < 1.29 is 23.8 Å². The number of carbonyl (C=O) groups excluding carboxylic acids is 1. The molecule has 2 heterocycles. The molecule has 1 aromatic carbocycles. The summed E-state index contributed by atoms with van der Waals surface area (Å²) in [6.45, 7) is -0.139. The summed E-state index contributed by atoms with van der Waals surface area (Å²) in [7, 11) is 1.38. The summed E-state index contributed by atoms with van der Waals surface area (Å²) in [5, 5.41) is 12.0. The lowest BCUT2D eigenvalue weighted by molar-refractivity contribution is -0.124. The van der Waals surface area contributed by atoms with Gasteiger partial charge in [0.05, 0.1) is 10.5 Å². The summed E-state index contributed by atoms with van der Waals surface area (Å²) in [4.78, 5) is 35.9. The third-order valence-corrected chi connectivity index (χ3v) is 4.81. The molecule has 0 saturated carbocycles. The van der Waals surface area contributed by atoms with Gasteiger partial charge in [0.15, 0.2) is 0 Å². The number of methoxy groups -OCH3 is 1. The molecule has 0 saturated heterocycles. The van der Waals surface area contributed by atoms with Crippen molar-refractivity contribution >= 4 is 29.0 Å². The minimum Gasteiger partial charge on any atom is -0.477 e. The number of carboxylic acids is 1. The fourth-order valence-electron chi connectivity index (χ4n) is 3.09. The van der Waals surface area contributed by atoms with E-state index in [0.29, 0.717) is 22.2 Å². The number of fused-ring (bicyclic) bond motifs is 1. The van der Waals surface area contributed by atoms with Gasteiger partial charge in [0, 0.05) is 26.3 Å². The minimum atomic E-state index is -1.38.